The Kier molecular flexibility index (Phi) is 3.90. The number of benzene rings is 2. The summed E-state index contributed by atoms with van der Waals surface area (Å²) in [6.07, 6.45) is 0. The second-order valence-electron chi connectivity index (χ2n) is 5.54. The van der Waals surface area contributed by atoms with Gasteiger partial charge in [0.2, 0.25) is 9.84 Å². The van der Waals surface area contributed by atoms with Crippen molar-refractivity contribution in [3.8, 4) is 0 Å². The molecule has 0 fully saturated rings. The first-order valence-electron chi connectivity index (χ1n) is 7.60. The molecule has 3 aromatic rings. The molecule has 0 radical (unpaired) electrons. The Morgan fingerprint density at radius 1 is 1.04 bits per heavy atom. The highest BCUT2D eigenvalue weighted by atomic mass is 32.2. The van der Waals surface area contributed by atoms with E-state index in [1.165, 1.54) is 0 Å². The monoisotopic (exact) mass is 328 g/mol. The van der Waals surface area contributed by atoms with Gasteiger partial charge in [-0.25, -0.2) is 8.42 Å². The molecule has 1 aromatic heterocycles. The molecular weight excluding hydrogens is 308 g/mol. The van der Waals surface area contributed by atoms with Crippen LogP contribution in [0.3, 0.4) is 0 Å². The second-order valence-corrected chi connectivity index (χ2v) is 7.40. The fraction of sp³-hybridized carbons (Fsp3) is 0.222. The largest absolute Gasteiger partial charge is 0.385 e. The van der Waals surface area contributed by atoms with Crippen molar-refractivity contribution < 1.29 is 8.42 Å². The van der Waals surface area contributed by atoms with E-state index >= 15 is 0 Å². The molecule has 1 heterocycles. The molecule has 0 spiro atoms. The molecular formula is C18H20N2O2S. The van der Waals surface area contributed by atoms with Crippen LogP contribution >= 0.6 is 0 Å². The molecule has 23 heavy (non-hydrogen) atoms. The summed E-state index contributed by atoms with van der Waals surface area (Å²) < 4.78 is 27.9. The number of nitrogens with zero attached hydrogens (tertiary/aromatic N) is 1. The van der Waals surface area contributed by atoms with Crippen molar-refractivity contribution in [1.29, 1.82) is 0 Å². The van der Waals surface area contributed by atoms with Crippen molar-refractivity contribution in [1.82, 2.24) is 4.57 Å². The minimum atomic E-state index is -3.56. The predicted octanol–water partition coefficient (Wildman–Crippen LogP) is 3.75. The third-order valence-corrected chi connectivity index (χ3v) is 6.06. The maximum absolute atomic E-state index is 13.1. The number of aryl methyl sites for hydroxylation is 2. The van der Waals surface area contributed by atoms with Crippen molar-refractivity contribution in [2.24, 2.45) is 7.05 Å². The lowest BCUT2D eigenvalue weighted by atomic mass is 10.1. The summed E-state index contributed by atoms with van der Waals surface area (Å²) in [7, 11) is -1.75. The molecule has 120 valence electrons. The van der Waals surface area contributed by atoms with E-state index in [0.717, 1.165) is 28.7 Å². The lowest BCUT2D eigenvalue weighted by Crippen LogP contribution is -2.08. The summed E-state index contributed by atoms with van der Waals surface area (Å²) in [5.41, 5.74) is 2.66. The van der Waals surface area contributed by atoms with Gasteiger partial charge >= 0.3 is 0 Å². The zero-order valence-corrected chi connectivity index (χ0v) is 14.3. The fourth-order valence-corrected chi connectivity index (χ4v) is 4.82. The number of anilines is 1. The molecule has 0 aliphatic heterocycles. The van der Waals surface area contributed by atoms with Gasteiger partial charge in [0.15, 0.2) is 0 Å². The van der Waals surface area contributed by atoms with E-state index in [-0.39, 0.29) is 0 Å². The van der Waals surface area contributed by atoms with Crippen LogP contribution in [0.2, 0.25) is 0 Å². The Morgan fingerprint density at radius 3 is 2.39 bits per heavy atom. The van der Waals surface area contributed by atoms with E-state index < -0.39 is 9.84 Å². The van der Waals surface area contributed by atoms with Crippen LogP contribution < -0.4 is 5.32 Å². The molecule has 0 unspecified atom stereocenters. The Bertz CT molecular complexity index is 958. The number of aromatic nitrogens is 1. The number of sulfone groups is 1. The zero-order valence-electron chi connectivity index (χ0n) is 13.5. The van der Waals surface area contributed by atoms with Gasteiger partial charge in [0.25, 0.3) is 0 Å². The molecule has 2 aromatic carbocycles. The van der Waals surface area contributed by atoms with Crippen molar-refractivity contribution in [3.63, 3.8) is 0 Å². The third-order valence-electron chi connectivity index (χ3n) is 4.08. The number of hydrogen-bond donors (Lipinski definition) is 1. The van der Waals surface area contributed by atoms with E-state index in [4.69, 9.17) is 0 Å². The van der Waals surface area contributed by atoms with Gasteiger partial charge in [0, 0.05) is 24.7 Å². The predicted molar refractivity (Wildman–Crippen MR) is 93.7 cm³/mol. The van der Waals surface area contributed by atoms with Gasteiger partial charge in [-0.05, 0) is 43.7 Å². The first kappa shape index (κ1) is 15.6. The summed E-state index contributed by atoms with van der Waals surface area (Å²) in [6, 6.07) is 14.5. The number of hydrogen-bond acceptors (Lipinski definition) is 3. The minimum Gasteiger partial charge on any atom is -0.385 e. The van der Waals surface area contributed by atoms with E-state index in [2.05, 4.69) is 5.32 Å². The lowest BCUT2D eigenvalue weighted by molar-refractivity contribution is 0.586. The highest BCUT2D eigenvalue weighted by molar-refractivity contribution is 7.91. The molecule has 0 aliphatic carbocycles. The van der Waals surface area contributed by atoms with Crippen molar-refractivity contribution in [2.45, 2.75) is 23.8 Å². The number of nitrogens with one attached hydrogen (secondary N) is 1. The standard InChI is InChI=1S/C18H20N2O2S/c1-4-19-15-11-8-12-16-17(15)13(2)18(20(16)3)23(21,22)14-9-6-5-7-10-14/h5-12,19H,4H2,1-3H3. The first-order valence-corrected chi connectivity index (χ1v) is 9.08. The van der Waals surface area contributed by atoms with Crippen LogP contribution in [0.5, 0.6) is 0 Å². The van der Waals surface area contributed by atoms with E-state index in [1.807, 2.05) is 38.1 Å². The van der Waals surface area contributed by atoms with Gasteiger partial charge in [-0.15, -0.1) is 0 Å². The number of rotatable bonds is 4. The third kappa shape index (κ3) is 2.41. The molecule has 0 bridgehead atoms. The second kappa shape index (κ2) is 5.74. The highest BCUT2D eigenvalue weighted by Crippen LogP contribution is 2.35. The zero-order chi connectivity index (χ0) is 16.6. The number of fused-ring (bicyclic) bond motifs is 1. The van der Waals surface area contributed by atoms with Gasteiger partial charge in [0.05, 0.1) is 10.4 Å². The molecule has 3 rings (SSSR count). The molecule has 1 N–H and O–H groups in total. The molecule has 4 nitrogen and oxygen atoms in total. The summed E-state index contributed by atoms with van der Waals surface area (Å²) in [4.78, 5) is 0.319. The summed E-state index contributed by atoms with van der Waals surface area (Å²) in [5.74, 6) is 0. The Balaban J connectivity index is 2.34. The normalized spacial score (nSPS) is 11.8. The molecule has 0 saturated heterocycles. The fourth-order valence-electron chi connectivity index (χ4n) is 3.11. The maximum Gasteiger partial charge on any atom is 0.222 e. The molecule has 5 heteroatoms. The maximum atomic E-state index is 13.1. The molecule has 0 saturated carbocycles. The topological polar surface area (TPSA) is 51.1 Å². The highest BCUT2D eigenvalue weighted by Gasteiger charge is 2.26. The Hall–Kier alpha value is -2.27. The van der Waals surface area contributed by atoms with E-state index in [1.54, 1.807) is 35.9 Å². The van der Waals surface area contributed by atoms with Crippen molar-refractivity contribution >= 4 is 26.4 Å². The molecule has 0 atom stereocenters. The Morgan fingerprint density at radius 2 is 1.74 bits per heavy atom. The summed E-state index contributed by atoms with van der Waals surface area (Å²) >= 11 is 0. The van der Waals surface area contributed by atoms with Crippen LogP contribution in [-0.4, -0.2) is 19.5 Å². The van der Waals surface area contributed by atoms with Crippen LogP contribution in [0.25, 0.3) is 10.9 Å². The van der Waals surface area contributed by atoms with E-state index in [9.17, 15) is 8.42 Å². The van der Waals surface area contributed by atoms with Gasteiger partial charge in [-0.3, -0.25) is 0 Å². The first-order chi connectivity index (χ1) is 11.0. The quantitative estimate of drug-likeness (QED) is 0.793. The van der Waals surface area contributed by atoms with E-state index in [0.29, 0.717) is 9.92 Å². The van der Waals surface area contributed by atoms with Crippen LogP contribution in [0, 0.1) is 6.92 Å². The van der Waals surface area contributed by atoms with Gasteiger partial charge < -0.3 is 9.88 Å². The SMILES string of the molecule is CCNc1cccc2c1c(C)c(S(=O)(=O)c1ccccc1)n2C. The summed E-state index contributed by atoms with van der Waals surface area (Å²) in [6.45, 7) is 4.69. The average Bonchev–Trinajstić information content (AvgIpc) is 2.81. The van der Waals surface area contributed by atoms with Crippen LogP contribution in [0.15, 0.2) is 58.5 Å². The van der Waals surface area contributed by atoms with Gasteiger partial charge in [0.1, 0.15) is 5.03 Å². The summed E-state index contributed by atoms with van der Waals surface area (Å²) in [5, 5.41) is 4.63. The van der Waals surface area contributed by atoms with Crippen LogP contribution in [0.1, 0.15) is 12.5 Å². The molecule has 0 aliphatic rings. The van der Waals surface area contributed by atoms with Gasteiger partial charge in [-0.2, -0.15) is 0 Å². The smallest absolute Gasteiger partial charge is 0.222 e. The average molecular weight is 328 g/mol. The Labute approximate surface area is 136 Å². The van der Waals surface area contributed by atoms with Crippen LogP contribution in [0.4, 0.5) is 5.69 Å². The van der Waals surface area contributed by atoms with Crippen molar-refractivity contribution in [2.75, 3.05) is 11.9 Å². The van der Waals surface area contributed by atoms with Crippen LogP contribution in [-0.2, 0) is 16.9 Å². The molecule has 0 amide bonds. The minimum absolute atomic E-state index is 0.319. The van der Waals surface area contributed by atoms with Crippen molar-refractivity contribution in [3.05, 3.63) is 54.1 Å². The van der Waals surface area contributed by atoms with Gasteiger partial charge in [-0.1, -0.05) is 24.3 Å². The lowest BCUT2D eigenvalue weighted by Gasteiger charge is -2.07.